The first-order valence-corrected chi connectivity index (χ1v) is 7.22. The van der Waals surface area contributed by atoms with Crippen molar-refractivity contribution in [3.63, 3.8) is 0 Å². The first-order valence-electron chi connectivity index (χ1n) is 6.84. The first kappa shape index (κ1) is 15.5. The highest BCUT2D eigenvalue weighted by Crippen LogP contribution is 2.19. The Hall–Kier alpha value is -0.600. The highest BCUT2D eigenvalue weighted by atomic mass is 35.5. The molecule has 3 heteroatoms. The Labute approximate surface area is 115 Å². The van der Waals surface area contributed by atoms with Crippen molar-refractivity contribution < 1.29 is 4.39 Å². The van der Waals surface area contributed by atoms with Crippen molar-refractivity contribution in [1.29, 1.82) is 0 Å². The standard InChI is InChI=1S/C15H23ClFN/c1-3-5-14(18-10-4-2)9-7-12-6-8-13(17)11-15(12)16/h6,8,11,14,18H,3-5,7,9-10H2,1-2H3. The van der Waals surface area contributed by atoms with Crippen LogP contribution in [0.2, 0.25) is 5.02 Å². The van der Waals surface area contributed by atoms with Crippen LogP contribution in [0.25, 0.3) is 0 Å². The van der Waals surface area contributed by atoms with Gasteiger partial charge in [0.1, 0.15) is 5.82 Å². The van der Waals surface area contributed by atoms with Gasteiger partial charge in [0.15, 0.2) is 0 Å². The van der Waals surface area contributed by atoms with E-state index in [1.54, 1.807) is 6.07 Å². The molecule has 0 saturated carbocycles. The van der Waals surface area contributed by atoms with Crippen LogP contribution in [-0.2, 0) is 6.42 Å². The van der Waals surface area contributed by atoms with Gasteiger partial charge in [-0.15, -0.1) is 0 Å². The zero-order valence-corrected chi connectivity index (χ0v) is 12.1. The van der Waals surface area contributed by atoms with Crippen molar-refractivity contribution in [2.75, 3.05) is 6.54 Å². The van der Waals surface area contributed by atoms with Gasteiger partial charge in [0.05, 0.1) is 0 Å². The molecule has 0 aromatic heterocycles. The van der Waals surface area contributed by atoms with E-state index >= 15 is 0 Å². The molecule has 1 nitrogen and oxygen atoms in total. The van der Waals surface area contributed by atoms with Crippen LogP contribution in [0.4, 0.5) is 4.39 Å². The lowest BCUT2D eigenvalue weighted by Gasteiger charge is -2.18. The summed E-state index contributed by atoms with van der Waals surface area (Å²) in [5.74, 6) is -0.266. The molecule has 0 spiro atoms. The van der Waals surface area contributed by atoms with E-state index < -0.39 is 0 Å². The number of aryl methyl sites for hydroxylation is 1. The summed E-state index contributed by atoms with van der Waals surface area (Å²) in [6, 6.07) is 5.21. The van der Waals surface area contributed by atoms with Gasteiger partial charge >= 0.3 is 0 Å². The van der Waals surface area contributed by atoms with Crippen LogP contribution in [-0.4, -0.2) is 12.6 Å². The first-order chi connectivity index (χ1) is 8.67. The molecule has 18 heavy (non-hydrogen) atoms. The molecule has 1 aromatic rings. The summed E-state index contributed by atoms with van der Waals surface area (Å²) in [6.45, 7) is 5.43. The minimum absolute atomic E-state index is 0.266. The Morgan fingerprint density at radius 2 is 2.00 bits per heavy atom. The average Bonchev–Trinajstić information content (AvgIpc) is 2.34. The number of rotatable bonds is 8. The molecule has 0 fully saturated rings. The molecule has 0 aliphatic rings. The fraction of sp³-hybridized carbons (Fsp3) is 0.600. The number of hydrogen-bond acceptors (Lipinski definition) is 1. The zero-order chi connectivity index (χ0) is 13.4. The van der Waals surface area contributed by atoms with Gasteiger partial charge in [0.25, 0.3) is 0 Å². The Kier molecular flexibility index (Phi) is 7.29. The maximum atomic E-state index is 12.9. The van der Waals surface area contributed by atoms with Crippen molar-refractivity contribution in [2.24, 2.45) is 0 Å². The summed E-state index contributed by atoms with van der Waals surface area (Å²) in [6.07, 6.45) is 5.47. The average molecular weight is 272 g/mol. The van der Waals surface area contributed by atoms with Crippen molar-refractivity contribution >= 4 is 11.6 Å². The van der Waals surface area contributed by atoms with Crippen LogP contribution >= 0.6 is 11.6 Å². The maximum absolute atomic E-state index is 12.9. The third-order valence-electron chi connectivity index (χ3n) is 3.10. The summed E-state index contributed by atoms with van der Waals surface area (Å²) >= 11 is 6.03. The lowest BCUT2D eigenvalue weighted by atomic mass is 10.0. The predicted octanol–water partition coefficient (Wildman–Crippen LogP) is 4.58. The summed E-state index contributed by atoms with van der Waals surface area (Å²) < 4.78 is 12.9. The topological polar surface area (TPSA) is 12.0 Å². The molecule has 1 N–H and O–H groups in total. The summed E-state index contributed by atoms with van der Waals surface area (Å²) in [5, 5.41) is 4.10. The van der Waals surface area contributed by atoms with Gasteiger partial charge in [-0.3, -0.25) is 0 Å². The summed E-state index contributed by atoms with van der Waals surface area (Å²) in [4.78, 5) is 0. The van der Waals surface area contributed by atoms with Gasteiger partial charge in [-0.1, -0.05) is 37.9 Å². The molecule has 0 heterocycles. The number of nitrogens with one attached hydrogen (secondary N) is 1. The Morgan fingerprint density at radius 3 is 2.61 bits per heavy atom. The second-order valence-corrected chi connectivity index (χ2v) is 5.12. The van der Waals surface area contributed by atoms with E-state index in [1.165, 1.54) is 25.0 Å². The van der Waals surface area contributed by atoms with E-state index in [1.807, 2.05) is 0 Å². The van der Waals surface area contributed by atoms with Crippen molar-refractivity contribution in [3.05, 3.63) is 34.6 Å². The molecule has 0 amide bonds. The molecule has 102 valence electrons. The fourth-order valence-corrected chi connectivity index (χ4v) is 2.36. The second-order valence-electron chi connectivity index (χ2n) is 4.71. The lowest BCUT2D eigenvalue weighted by molar-refractivity contribution is 0.449. The van der Waals surface area contributed by atoms with Crippen molar-refractivity contribution in [1.82, 2.24) is 5.32 Å². The van der Waals surface area contributed by atoms with Crippen LogP contribution in [0.1, 0.15) is 45.1 Å². The third-order valence-corrected chi connectivity index (χ3v) is 3.45. The van der Waals surface area contributed by atoms with E-state index in [2.05, 4.69) is 19.2 Å². The van der Waals surface area contributed by atoms with Crippen LogP contribution < -0.4 is 5.32 Å². The van der Waals surface area contributed by atoms with Gasteiger partial charge in [-0.2, -0.15) is 0 Å². The summed E-state index contributed by atoms with van der Waals surface area (Å²) in [7, 11) is 0. The molecule has 1 atom stereocenters. The van der Waals surface area contributed by atoms with Crippen LogP contribution in [0.15, 0.2) is 18.2 Å². The number of hydrogen-bond donors (Lipinski definition) is 1. The van der Waals surface area contributed by atoms with Gasteiger partial charge in [-0.25, -0.2) is 4.39 Å². The molecule has 1 aromatic carbocycles. The molecule has 0 saturated heterocycles. The molecule has 0 aliphatic heterocycles. The largest absolute Gasteiger partial charge is 0.314 e. The smallest absolute Gasteiger partial charge is 0.124 e. The minimum atomic E-state index is -0.266. The SMILES string of the molecule is CCCNC(CCC)CCc1ccc(F)cc1Cl. The van der Waals surface area contributed by atoms with Gasteiger partial charge in [0, 0.05) is 11.1 Å². The number of halogens is 2. The molecule has 0 radical (unpaired) electrons. The van der Waals surface area contributed by atoms with E-state index in [9.17, 15) is 4.39 Å². The molecule has 0 aliphatic carbocycles. The van der Waals surface area contributed by atoms with E-state index in [0.717, 1.165) is 31.4 Å². The third kappa shape index (κ3) is 5.36. The zero-order valence-electron chi connectivity index (χ0n) is 11.3. The van der Waals surface area contributed by atoms with Crippen molar-refractivity contribution in [3.8, 4) is 0 Å². The maximum Gasteiger partial charge on any atom is 0.124 e. The normalized spacial score (nSPS) is 12.7. The highest BCUT2D eigenvalue weighted by Gasteiger charge is 2.08. The second kappa shape index (κ2) is 8.49. The molecule has 1 rings (SSSR count). The molecular formula is C15H23ClFN. The molecule has 1 unspecified atom stereocenters. The highest BCUT2D eigenvalue weighted by molar-refractivity contribution is 6.31. The van der Waals surface area contributed by atoms with Crippen LogP contribution in [0.5, 0.6) is 0 Å². The predicted molar refractivity (Wildman–Crippen MR) is 76.7 cm³/mol. The monoisotopic (exact) mass is 271 g/mol. The van der Waals surface area contributed by atoms with Gasteiger partial charge < -0.3 is 5.32 Å². The van der Waals surface area contributed by atoms with Gasteiger partial charge in [0.2, 0.25) is 0 Å². The molecule has 0 bridgehead atoms. The Morgan fingerprint density at radius 1 is 1.22 bits per heavy atom. The van der Waals surface area contributed by atoms with E-state index in [-0.39, 0.29) is 5.82 Å². The van der Waals surface area contributed by atoms with Gasteiger partial charge in [-0.05, 0) is 49.9 Å². The fourth-order valence-electron chi connectivity index (χ4n) is 2.10. The van der Waals surface area contributed by atoms with Crippen molar-refractivity contribution in [2.45, 2.75) is 52.0 Å². The van der Waals surface area contributed by atoms with E-state index in [4.69, 9.17) is 11.6 Å². The summed E-state index contributed by atoms with van der Waals surface area (Å²) in [5.41, 5.74) is 1.04. The van der Waals surface area contributed by atoms with E-state index in [0.29, 0.717) is 11.1 Å². The minimum Gasteiger partial charge on any atom is -0.314 e. The Bertz CT molecular complexity index is 354. The molecular weight excluding hydrogens is 249 g/mol. The quantitative estimate of drug-likeness (QED) is 0.730. The van der Waals surface area contributed by atoms with Crippen LogP contribution in [0, 0.1) is 5.82 Å². The Balaban J connectivity index is 2.49. The van der Waals surface area contributed by atoms with Crippen LogP contribution in [0.3, 0.4) is 0 Å². The lowest BCUT2D eigenvalue weighted by Crippen LogP contribution is -2.30. The number of benzene rings is 1.